The predicted molar refractivity (Wildman–Crippen MR) is 59.1 cm³/mol. The van der Waals surface area contributed by atoms with E-state index in [1.54, 1.807) is 0 Å². The minimum Gasteiger partial charge on any atom is -0.480 e. The SMILES string of the molecule is CCC1CCN(Cc2ncon2)C(C(=O)O)C1. The molecule has 0 amide bonds. The zero-order valence-corrected chi connectivity index (χ0v) is 9.87. The van der Waals surface area contributed by atoms with Crippen LogP contribution in [0.3, 0.4) is 0 Å². The van der Waals surface area contributed by atoms with E-state index in [-0.39, 0.29) is 0 Å². The third kappa shape index (κ3) is 2.82. The molecular formula is C11H17N3O3. The van der Waals surface area contributed by atoms with Gasteiger partial charge in [-0.2, -0.15) is 4.98 Å². The highest BCUT2D eigenvalue weighted by Crippen LogP contribution is 2.26. The summed E-state index contributed by atoms with van der Waals surface area (Å²) >= 11 is 0. The summed E-state index contributed by atoms with van der Waals surface area (Å²) in [4.78, 5) is 17.1. The van der Waals surface area contributed by atoms with E-state index in [4.69, 9.17) is 0 Å². The van der Waals surface area contributed by atoms with Gasteiger partial charge >= 0.3 is 5.97 Å². The van der Waals surface area contributed by atoms with Gasteiger partial charge < -0.3 is 9.63 Å². The summed E-state index contributed by atoms with van der Waals surface area (Å²) < 4.78 is 4.66. The Morgan fingerprint density at radius 1 is 1.71 bits per heavy atom. The first-order valence-corrected chi connectivity index (χ1v) is 5.92. The van der Waals surface area contributed by atoms with Gasteiger partial charge in [-0.05, 0) is 25.3 Å². The van der Waals surface area contributed by atoms with Crippen LogP contribution in [0.5, 0.6) is 0 Å². The largest absolute Gasteiger partial charge is 0.480 e. The molecule has 1 aliphatic rings. The second-order valence-corrected chi connectivity index (χ2v) is 4.47. The van der Waals surface area contributed by atoms with Crippen molar-refractivity contribution in [2.24, 2.45) is 5.92 Å². The average Bonchev–Trinajstić information content (AvgIpc) is 2.82. The molecule has 1 aromatic rings. The Balaban J connectivity index is 2.02. The Labute approximate surface area is 99.6 Å². The maximum Gasteiger partial charge on any atom is 0.320 e. The van der Waals surface area contributed by atoms with Crippen molar-refractivity contribution in [3.63, 3.8) is 0 Å². The van der Waals surface area contributed by atoms with E-state index in [2.05, 4.69) is 21.6 Å². The van der Waals surface area contributed by atoms with Crippen molar-refractivity contribution in [2.45, 2.75) is 38.8 Å². The molecular weight excluding hydrogens is 222 g/mol. The quantitative estimate of drug-likeness (QED) is 0.848. The van der Waals surface area contributed by atoms with Crippen LogP contribution in [0.25, 0.3) is 0 Å². The number of carboxylic acids is 1. The van der Waals surface area contributed by atoms with Gasteiger partial charge in [-0.1, -0.05) is 18.5 Å². The second kappa shape index (κ2) is 5.27. The van der Waals surface area contributed by atoms with Crippen molar-refractivity contribution in [1.29, 1.82) is 0 Å². The second-order valence-electron chi connectivity index (χ2n) is 4.47. The van der Waals surface area contributed by atoms with Gasteiger partial charge in [-0.25, -0.2) is 0 Å². The van der Waals surface area contributed by atoms with E-state index in [1.807, 2.05) is 4.90 Å². The van der Waals surface area contributed by atoms with Crippen molar-refractivity contribution in [1.82, 2.24) is 15.0 Å². The Morgan fingerprint density at radius 2 is 2.53 bits per heavy atom. The van der Waals surface area contributed by atoms with Gasteiger partial charge in [-0.15, -0.1) is 0 Å². The third-order valence-electron chi connectivity index (χ3n) is 3.44. The first kappa shape index (κ1) is 12.0. The van der Waals surface area contributed by atoms with Crippen LogP contribution >= 0.6 is 0 Å². The molecule has 17 heavy (non-hydrogen) atoms. The third-order valence-corrected chi connectivity index (χ3v) is 3.44. The van der Waals surface area contributed by atoms with Gasteiger partial charge in [0.1, 0.15) is 6.04 Å². The number of hydrogen-bond acceptors (Lipinski definition) is 5. The summed E-state index contributed by atoms with van der Waals surface area (Å²) in [6, 6.07) is -0.424. The van der Waals surface area contributed by atoms with Gasteiger partial charge in [0.25, 0.3) is 0 Å². The number of aromatic nitrogens is 2. The highest BCUT2D eigenvalue weighted by atomic mass is 16.5. The molecule has 0 spiro atoms. The summed E-state index contributed by atoms with van der Waals surface area (Å²) in [5.74, 6) is 0.301. The highest BCUT2D eigenvalue weighted by molar-refractivity contribution is 5.73. The van der Waals surface area contributed by atoms with Crippen LogP contribution in [-0.4, -0.2) is 38.7 Å². The highest BCUT2D eigenvalue weighted by Gasteiger charge is 2.33. The molecule has 6 heteroatoms. The summed E-state index contributed by atoms with van der Waals surface area (Å²) in [6.07, 6.45) is 4.06. The lowest BCUT2D eigenvalue weighted by Crippen LogP contribution is -2.46. The lowest BCUT2D eigenvalue weighted by molar-refractivity contribution is -0.145. The molecule has 1 aliphatic heterocycles. The molecule has 0 saturated carbocycles. The minimum absolute atomic E-state index is 0.424. The van der Waals surface area contributed by atoms with Crippen LogP contribution in [0.4, 0.5) is 0 Å². The smallest absolute Gasteiger partial charge is 0.320 e. The molecule has 6 nitrogen and oxygen atoms in total. The number of rotatable bonds is 4. The lowest BCUT2D eigenvalue weighted by atomic mass is 9.89. The van der Waals surface area contributed by atoms with E-state index in [0.717, 1.165) is 19.4 Å². The fourth-order valence-electron chi connectivity index (χ4n) is 2.35. The minimum atomic E-state index is -0.758. The Hall–Kier alpha value is -1.43. The van der Waals surface area contributed by atoms with Crippen molar-refractivity contribution in [3.8, 4) is 0 Å². The average molecular weight is 239 g/mol. The molecule has 94 valence electrons. The Kier molecular flexibility index (Phi) is 3.73. The van der Waals surface area contributed by atoms with Crippen LogP contribution in [0, 0.1) is 5.92 Å². The monoisotopic (exact) mass is 239 g/mol. The van der Waals surface area contributed by atoms with Crippen molar-refractivity contribution < 1.29 is 14.4 Å². The number of aliphatic carboxylic acids is 1. The molecule has 2 atom stereocenters. The maximum atomic E-state index is 11.2. The topological polar surface area (TPSA) is 79.5 Å². The zero-order valence-electron chi connectivity index (χ0n) is 9.87. The summed E-state index contributed by atoms with van der Waals surface area (Å²) in [6.45, 7) is 3.34. The van der Waals surface area contributed by atoms with Crippen LogP contribution < -0.4 is 0 Å². The number of nitrogens with zero attached hydrogens (tertiary/aromatic N) is 3. The fraction of sp³-hybridized carbons (Fsp3) is 0.727. The molecule has 1 aromatic heterocycles. The van der Waals surface area contributed by atoms with E-state index in [0.29, 0.717) is 24.7 Å². The van der Waals surface area contributed by atoms with E-state index in [1.165, 1.54) is 6.39 Å². The molecule has 2 rings (SSSR count). The van der Waals surface area contributed by atoms with Crippen molar-refractivity contribution in [3.05, 3.63) is 12.2 Å². The molecule has 0 aromatic carbocycles. The lowest BCUT2D eigenvalue weighted by Gasteiger charge is -2.36. The van der Waals surface area contributed by atoms with Crippen molar-refractivity contribution in [2.75, 3.05) is 6.54 Å². The first-order chi connectivity index (χ1) is 8.20. The fourth-order valence-corrected chi connectivity index (χ4v) is 2.35. The Bertz CT molecular complexity index is 366. The standard InChI is InChI=1S/C11H17N3O3/c1-2-8-3-4-14(9(5-8)11(15)16)6-10-12-7-17-13-10/h7-9H,2-6H2,1H3,(H,15,16). The molecule has 2 unspecified atom stereocenters. The zero-order chi connectivity index (χ0) is 12.3. The number of likely N-dealkylation sites (tertiary alicyclic amines) is 1. The van der Waals surface area contributed by atoms with E-state index < -0.39 is 12.0 Å². The van der Waals surface area contributed by atoms with Crippen LogP contribution in [0.15, 0.2) is 10.9 Å². The van der Waals surface area contributed by atoms with E-state index >= 15 is 0 Å². The summed E-state index contributed by atoms with van der Waals surface area (Å²) in [7, 11) is 0. The number of carbonyl (C=O) groups is 1. The summed E-state index contributed by atoms with van der Waals surface area (Å²) in [5, 5.41) is 13.0. The Morgan fingerprint density at radius 3 is 3.12 bits per heavy atom. The molecule has 2 heterocycles. The van der Waals surface area contributed by atoms with Gasteiger partial charge in [0.2, 0.25) is 6.39 Å². The number of carboxylic acid groups (broad SMARTS) is 1. The molecule has 1 N–H and O–H groups in total. The van der Waals surface area contributed by atoms with Crippen molar-refractivity contribution >= 4 is 5.97 Å². The number of hydrogen-bond donors (Lipinski definition) is 1. The first-order valence-electron chi connectivity index (χ1n) is 5.92. The molecule has 0 bridgehead atoms. The van der Waals surface area contributed by atoms with Crippen LogP contribution in [0.1, 0.15) is 32.0 Å². The molecule has 0 radical (unpaired) electrons. The van der Waals surface area contributed by atoms with Gasteiger partial charge in [0, 0.05) is 0 Å². The molecule has 1 fully saturated rings. The van der Waals surface area contributed by atoms with E-state index in [9.17, 15) is 9.90 Å². The van der Waals surface area contributed by atoms with Crippen LogP contribution in [0.2, 0.25) is 0 Å². The maximum absolute atomic E-state index is 11.2. The number of piperidine rings is 1. The van der Waals surface area contributed by atoms with Crippen LogP contribution in [-0.2, 0) is 11.3 Å². The van der Waals surface area contributed by atoms with Gasteiger partial charge in [0.15, 0.2) is 5.82 Å². The van der Waals surface area contributed by atoms with Gasteiger partial charge in [-0.3, -0.25) is 9.69 Å². The predicted octanol–water partition coefficient (Wildman–Crippen LogP) is 1.14. The van der Waals surface area contributed by atoms with Gasteiger partial charge in [0.05, 0.1) is 6.54 Å². The normalized spacial score (nSPS) is 25.9. The summed E-state index contributed by atoms with van der Waals surface area (Å²) in [5.41, 5.74) is 0. The molecule has 1 saturated heterocycles. The molecule has 0 aliphatic carbocycles.